The number of quaternary nitrogens is 1. The van der Waals surface area contributed by atoms with Gasteiger partial charge >= 0.3 is 0 Å². The smallest absolute Gasteiger partial charge is 0.158 e. The van der Waals surface area contributed by atoms with Crippen LogP contribution in [0.3, 0.4) is 0 Å². The van der Waals surface area contributed by atoms with Gasteiger partial charge in [0.2, 0.25) is 0 Å². The zero-order valence-electron chi connectivity index (χ0n) is 12.2. The SMILES string of the molecule is C[NH+]1C=C(c2ccc(O)c(O)c2)CC1c1ccc(O)c(N)c1. The van der Waals surface area contributed by atoms with Gasteiger partial charge < -0.3 is 26.0 Å². The van der Waals surface area contributed by atoms with Crippen molar-refractivity contribution in [3.63, 3.8) is 0 Å². The van der Waals surface area contributed by atoms with Crippen molar-refractivity contribution >= 4 is 11.3 Å². The lowest BCUT2D eigenvalue weighted by Crippen LogP contribution is -3.03. The van der Waals surface area contributed by atoms with E-state index in [0.717, 1.165) is 23.1 Å². The fourth-order valence-electron chi connectivity index (χ4n) is 2.91. The van der Waals surface area contributed by atoms with Gasteiger partial charge in [-0.3, -0.25) is 0 Å². The summed E-state index contributed by atoms with van der Waals surface area (Å²) in [5.74, 6) is -0.143. The summed E-state index contributed by atoms with van der Waals surface area (Å²) < 4.78 is 0. The van der Waals surface area contributed by atoms with Gasteiger partial charge in [0.25, 0.3) is 0 Å². The second-order valence-corrected chi connectivity index (χ2v) is 5.69. The number of rotatable bonds is 2. The maximum absolute atomic E-state index is 9.65. The van der Waals surface area contributed by atoms with Gasteiger partial charge in [-0.05, 0) is 35.9 Å². The second kappa shape index (κ2) is 5.27. The van der Waals surface area contributed by atoms with Crippen molar-refractivity contribution in [1.82, 2.24) is 0 Å². The fourth-order valence-corrected chi connectivity index (χ4v) is 2.91. The van der Waals surface area contributed by atoms with E-state index >= 15 is 0 Å². The Morgan fingerprint density at radius 1 is 1.00 bits per heavy atom. The molecule has 2 unspecified atom stereocenters. The van der Waals surface area contributed by atoms with Crippen molar-refractivity contribution in [3.8, 4) is 17.2 Å². The summed E-state index contributed by atoms with van der Waals surface area (Å²) in [4.78, 5) is 1.20. The molecule has 0 aromatic heterocycles. The van der Waals surface area contributed by atoms with E-state index < -0.39 is 0 Å². The predicted octanol–water partition coefficient (Wildman–Crippen LogP) is 1.39. The van der Waals surface area contributed by atoms with Crippen LogP contribution in [-0.4, -0.2) is 22.4 Å². The van der Waals surface area contributed by atoms with E-state index in [1.54, 1.807) is 24.3 Å². The Balaban J connectivity index is 1.87. The Kier molecular flexibility index (Phi) is 3.42. The summed E-state index contributed by atoms with van der Waals surface area (Å²) in [6.07, 6.45) is 2.89. The van der Waals surface area contributed by atoms with Crippen LogP contribution in [0.15, 0.2) is 42.6 Å². The number of hydrogen-bond donors (Lipinski definition) is 5. The number of aromatic hydroxyl groups is 3. The van der Waals surface area contributed by atoms with Crippen molar-refractivity contribution in [2.45, 2.75) is 12.5 Å². The van der Waals surface area contributed by atoms with Gasteiger partial charge in [0, 0.05) is 17.6 Å². The zero-order chi connectivity index (χ0) is 15.9. The molecule has 2 aromatic carbocycles. The van der Waals surface area contributed by atoms with Gasteiger partial charge in [-0.2, -0.15) is 0 Å². The molecule has 2 aromatic rings. The predicted molar refractivity (Wildman–Crippen MR) is 84.5 cm³/mol. The van der Waals surface area contributed by atoms with E-state index in [2.05, 4.69) is 13.2 Å². The largest absolute Gasteiger partial charge is 0.506 e. The van der Waals surface area contributed by atoms with Crippen molar-refractivity contribution in [2.24, 2.45) is 0 Å². The molecule has 22 heavy (non-hydrogen) atoms. The van der Waals surface area contributed by atoms with E-state index in [4.69, 9.17) is 5.73 Å². The summed E-state index contributed by atoms with van der Waals surface area (Å²) >= 11 is 0. The topological polar surface area (TPSA) is 91.2 Å². The lowest BCUT2D eigenvalue weighted by molar-refractivity contribution is -0.853. The molecule has 1 heterocycles. The quantitative estimate of drug-likeness (QED) is 0.428. The highest BCUT2D eigenvalue weighted by Crippen LogP contribution is 2.34. The highest BCUT2D eigenvalue weighted by molar-refractivity contribution is 5.68. The minimum Gasteiger partial charge on any atom is -0.506 e. The van der Waals surface area contributed by atoms with Crippen LogP contribution in [0.2, 0.25) is 0 Å². The Morgan fingerprint density at radius 3 is 2.41 bits per heavy atom. The lowest BCUT2D eigenvalue weighted by Gasteiger charge is -2.16. The van der Waals surface area contributed by atoms with Crippen molar-refractivity contribution in [2.75, 3.05) is 12.8 Å². The number of phenolic OH excluding ortho intramolecular Hbond substituents is 3. The Labute approximate surface area is 128 Å². The number of benzene rings is 2. The van der Waals surface area contributed by atoms with E-state index in [1.165, 1.54) is 11.0 Å². The molecule has 1 aliphatic rings. The van der Waals surface area contributed by atoms with E-state index in [1.807, 2.05) is 6.07 Å². The number of nitrogens with one attached hydrogen (secondary N) is 1. The third-order valence-corrected chi connectivity index (χ3v) is 4.18. The molecule has 0 saturated carbocycles. The summed E-state index contributed by atoms with van der Waals surface area (Å²) in [5, 5.41) is 28.6. The summed E-state index contributed by atoms with van der Waals surface area (Å²) in [5.41, 5.74) is 9.21. The molecule has 3 rings (SSSR count). The average molecular weight is 299 g/mol. The van der Waals surface area contributed by atoms with Gasteiger partial charge in [-0.1, -0.05) is 6.07 Å². The molecule has 5 heteroatoms. The number of nitrogens with two attached hydrogens (primary N) is 1. The van der Waals surface area contributed by atoms with Crippen LogP contribution in [0.5, 0.6) is 17.2 Å². The first-order chi connectivity index (χ1) is 10.5. The van der Waals surface area contributed by atoms with E-state index in [9.17, 15) is 15.3 Å². The average Bonchev–Trinajstić information content (AvgIpc) is 2.87. The molecule has 0 saturated heterocycles. The Hall–Kier alpha value is -2.66. The molecule has 6 N–H and O–H groups in total. The van der Waals surface area contributed by atoms with Gasteiger partial charge in [0.15, 0.2) is 11.5 Å². The normalized spacial score (nSPS) is 20.9. The third-order valence-electron chi connectivity index (χ3n) is 4.18. The molecule has 0 bridgehead atoms. The molecule has 0 aliphatic carbocycles. The summed E-state index contributed by atoms with van der Waals surface area (Å²) in [6.45, 7) is 0. The van der Waals surface area contributed by atoms with Gasteiger partial charge in [-0.15, -0.1) is 0 Å². The molecule has 114 valence electrons. The van der Waals surface area contributed by atoms with Crippen molar-refractivity contribution < 1.29 is 20.2 Å². The first-order valence-electron chi connectivity index (χ1n) is 7.10. The number of anilines is 1. The van der Waals surface area contributed by atoms with Crippen LogP contribution >= 0.6 is 0 Å². The van der Waals surface area contributed by atoms with Crippen molar-refractivity contribution in [3.05, 3.63) is 53.7 Å². The fraction of sp³-hybridized carbons (Fsp3) is 0.176. The third kappa shape index (κ3) is 2.46. The van der Waals surface area contributed by atoms with Crippen LogP contribution in [0.1, 0.15) is 23.6 Å². The monoisotopic (exact) mass is 299 g/mol. The highest BCUT2D eigenvalue weighted by Gasteiger charge is 2.29. The van der Waals surface area contributed by atoms with Gasteiger partial charge in [0.05, 0.1) is 18.9 Å². The van der Waals surface area contributed by atoms with Crippen LogP contribution in [0.25, 0.3) is 5.57 Å². The molecule has 2 atom stereocenters. The van der Waals surface area contributed by atoms with Gasteiger partial charge in [-0.25, -0.2) is 0 Å². The summed E-state index contributed by atoms with van der Waals surface area (Å²) in [7, 11) is 2.06. The van der Waals surface area contributed by atoms with Crippen molar-refractivity contribution in [1.29, 1.82) is 0 Å². The molecule has 1 aliphatic heterocycles. The summed E-state index contributed by atoms with van der Waals surface area (Å²) in [6, 6.07) is 10.4. The lowest BCUT2D eigenvalue weighted by atomic mass is 9.97. The molecule has 0 amide bonds. The second-order valence-electron chi connectivity index (χ2n) is 5.69. The van der Waals surface area contributed by atoms with Gasteiger partial charge in [0.1, 0.15) is 11.8 Å². The number of phenols is 3. The van der Waals surface area contributed by atoms with Crippen LogP contribution in [-0.2, 0) is 0 Å². The maximum atomic E-state index is 9.65. The van der Waals surface area contributed by atoms with E-state index in [-0.39, 0.29) is 23.3 Å². The minimum atomic E-state index is -0.120. The molecule has 0 fully saturated rings. The molecule has 5 nitrogen and oxygen atoms in total. The maximum Gasteiger partial charge on any atom is 0.158 e. The van der Waals surface area contributed by atoms with E-state index in [0.29, 0.717) is 5.69 Å². The van der Waals surface area contributed by atoms with Crippen LogP contribution in [0, 0.1) is 0 Å². The Morgan fingerprint density at radius 2 is 1.73 bits per heavy atom. The molecule has 0 spiro atoms. The number of hydrogen-bond acceptors (Lipinski definition) is 4. The van der Waals surface area contributed by atoms with Crippen LogP contribution in [0.4, 0.5) is 5.69 Å². The molecule has 0 radical (unpaired) electrons. The standard InChI is InChI=1S/C17H18N2O3/c1-19-9-12(10-2-5-16(21)17(22)8-10)7-14(19)11-3-4-15(20)13(18)6-11/h2-6,8-9,14,20-22H,7,18H2,1H3/p+1. The Bertz CT molecular complexity index is 756. The zero-order valence-corrected chi connectivity index (χ0v) is 12.2. The highest BCUT2D eigenvalue weighted by atomic mass is 16.3. The molecular formula is C17H19N2O3+. The number of nitrogen functional groups attached to an aromatic ring is 1. The van der Waals surface area contributed by atoms with Crippen LogP contribution < -0.4 is 10.6 Å². The molecular weight excluding hydrogens is 280 g/mol. The minimum absolute atomic E-state index is 0.0936. The first-order valence-corrected chi connectivity index (χ1v) is 7.10. The first kappa shape index (κ1) is 14.3.